The van der Waals surface area contributed by atoms with Crippen molar-refractivity contribution in [3.05, 3.63) is 60.2 Å². The number of amides is 3. The van der Waals surface area contributed by atoms with Crippen molar-refractivity contribution in [2.24, 2.45) is 5.92 Å². The predicted octanol–water partition coefficient (Wildman–Crippen LogP) is 4.45. The van der Waals surface area contributed by atoms with Crippen LogP contribution >= 0.6 is 0 Å². The largest absolute Gasteiger partial charge is 0.444 e. The highest BCUT2D eigenvalue weighted by Crippen LogP contribution is 2.22. The second-order valence-corrected chi connectivity index (χ2v) is 9.08. The maximum atomic E-state index is 12.6. The van der Waals surface area contributed by atoms with Crippen LogP contribution in [0.2, 0.25) is 0 Å². The number of hydrogen-bond donors (Lipinski definition) is 2. The third-order valence-corrected chi connectivity index (χ3v) is 5.25. The molecule has 2 N–H and O–H groups in total. The molecule has 170 valence electrons. The fourth-order valence-corrected chi connectivity index (χ4v) is 3.67. The van der Waals surface area contributed by atoms with Crippen LogP contribution in [-0.4, -0.2) is 41.5 Å². The van der Waals surface area contributed by atoms with Crippen molar-refractivity contribution in [3.63, 3.8) is 0 Å². The Hall–Kier alpha value is -3.35. The summed E-state index contributed by atoms with van der Waals surface area (Å²) in [7, 11) is 0. The summed E-state index contributed by atoms with van der Waals surface area (Å²) in [6, 6.07) is 16.9. The van der Waals surface area contributed by atoms with Crippen molar-refractivity contribution in [2.75, 3.05) is 23.7 Å². The van der Waals surface area contributed by atoms with Gasteiger partial charge in [0.25, 0.3) is 0 Å². The highest BCUT2D eigenvalue weighted by molar-refractivity contribution is 6.39. The van der Waals surface area contributed by atoms with Gasteiger partial charge in [-0.3, -0.25) is 14.9 Å². The molecule has 7 heteroatoms. The summed E-state index contributed by atoms with van der Waals surface area (Å²) in [5.74, 6) is -0.645. The third-order valence-electron chi connectivity index (χ3n) is 5.25. The predicted molar refractivity (Wildman–Crippen MR) is 124 cm³/mol. The van der Waals surface area contributed by atoms with Gasteiger partial charge in [0.2, 0.25) is 0 Å². The van der Waals surface area contributed by atoms with Gasteiger partial charge in [-0.15, -0.1) is 0 Å². The number of benzene rings is 2. The molecule has 3 amide bonds. The molecule has 0 aliphatic carbocycles. The second kappa shape index (κ2) is 10.3. The number of rotatable bonds is 4. The first kappa shape index (κ1) is 23.3. The van der Waals surface area contributed by atoms with Gasteiger partial charge in [-0.1, -0.05) is 30.3 Å². The molecule has 2 aromatic rings. The molecule has 0 saturated carbocycles. The van der Waals surface area contributed by atoms with E-state index in [0.29, 0.717) is 30.4 Å². The summed E-state index contributed by atoms with van der Waals surface area (Å²) in [6.45, 7) is 6.53. The highest BCUT2D eigenvalue weighted by atomic mass is 16.6. The Morgan fingerprint density at radius 3 is 2.03 bits per heavy atom. The molecule has 1 heterocycles. The Labute approximate surface area is 189 Å². The first-order chi connectivity index (χ1) is 15.2. The van der Waals surface area contributed by atoms with Gasteiger partial charge in [-0.2, -0.15) is 0 Å². The molecule has 2 aromatic carbocycles. The van der Waals surface area contributed by atoms with Gasteiger partial charge in [-0.25, -0.2) is 4.79 Å². The summed E-state index contributed by atoms with van der Waals surface area (Å²) >= 11 is 0. The van der Waals surface area contributed by atoms with Crippen molar-refractivity contribution >= 4 is 29.3 Å². The van der Waals surface area contributed by atoms with E-state index in [9.17, 15) is 14.4 Å². The van der Waals surface area contributed by atoms with Crippen LogP contribution in [0.4, 0.5) is 16.2 Å². The zero-order valence-electron chi connectivity index (χ0n) is 18.9. The molecule has 0 atom stereocenters. The van der Waals surface area contributed by atoms with E-state index in [1.54, 1.807) is 49.9 Å². The third kappa shape index (κ3) is 7.11. The standard InChI is InChI=1S/C25H31N3O4/c1-25(2,3)32-24(31)27-21-11-9-20(10-12-21)26-22(29)23(30)28-15-13-19(14-16-28)17-18-7-5-4-6-8-18/h4-12,19H,13-17H2,1-3H3,(H,26,29)(H,27,31). The average Bonchev–Trinajstić information content (AvgIpc) is 2.74. The van der Waals surface area contributed by atoms with Crippen LogP contribution in [0.1, 0.15) is 39.2 Å². The van der Waals surface area contributed by atoms with Gasteiger partial charge in [0, 0.05) is 24.5 Å². The van der Waals surface area contributed by atoms with E-state index >= 15 is 0 Å². The first-order valence-corrected chi connectivity index (χ1v) is 10.9. The summed E-state index contributed by atoms with van der Waals surface area (Å²) in [6.07, 6.45) is 2.22. The van der Waals surface area contributed by atoms with Gasteiger partial charge in [0.05, 0.1) is 0 Å². The number of nitrogens with zero attached hydrogens (tertiary/aromatic N) is 1. The summed E-state index contributed by atoms with van der Waals surface area (Å²) in [4.78, 5) is 38.4. The molecule has 1 saturated heterocycles. The molecular weight excluding hydrogens is 406 g/mol. The molecule has 3 rings (SSSR count). The SMILES string of the molecule is CC(C)(C)OC(=O)Nc1ccc(NC(=O)C(=O)N2CCC(Cc3ccccc3)CC2)cc1. The number of piperidine rings is 1. The number of carbonyl (C=O) groups excluding carboxylic acids is 3. The Morgan fingerprint density at radius 2 is 1.47 bits per heavy atom. The molecule has 7 nitrogen and oxygen atoms in total. The smallest absolute Gasteiger partial charge is 0.412 e. The molecule has 0 radical (unpaired) electrons. The molecule has 1 aliphatic heterocycles. The lowest BCUT2D eigenvalue weighted by Gasteiger charge is -2.31. The van der Waals surface area contributed by atoms with Crippen molar-refractivity contribution in [1.29, 1.82) is 0 Å². The van der Waals surface area contributed by atoms with Crippen LogP contribution in [0.3, 0.4) is 0 Å². The fraction of sp³-hybridized carbons (Fsp3) is 0.400. The van der Waals surface area contributed by atoms with E-state index in [1.165, 1.54) is 5.56 Å². The summed E-state index contributed by atoms with van der Waals surface area (Å²) in [5.41, 5.74) is 1.73. The van der Waals surface area contributed by atoms with Gasteiger partial charge in [0.15, 0.2) is 0 Å². The molecule has 1 fully saturated rings. The van der Waals surface area contributed by atoms with E-state index in [4.69, 9.17) is 4.74 Å². The first-order valence-electron chi connectivity index (χ1n) is 10.9. The summed E-state index contributed by atoms with van der Waals surface area (Å²) < 4.78 is 5.21. The van der Waals surface area contributed by atoms with Crippen molar-refractivity contribution in [2.45, 2.75) is 45.6 Å². The van der Waals surface area contributed by atoms with E-state index in [1.807, 2.05) is 18.2 Å². The van der Waals surface area contributed by atoms with Gasteiger partial charge < -0.3 is 15.0 Å². The quantitative estimate of drug-likeness (QED) is 0.692. The van der Waals surface area contributed by atoms with E-state index in [0.717, 1.165) is 19.3 Å². The molecule has 0 unspecified atom stereocenters. The normalized spacial score (nSPS) is 14.5. The highest BCUT2D eigenvalue weighted by Gasteiger charge is 2.27. The van der Waals surface area contributed by atoms with Gasteiger partial charge in [-0.05, 0) is 75.8 Å². The zero-order chi connectivity index (χ0) is 23.1. The maximum absolute atomic E-state index is 12.6. The lowest BCUT2D eigenvalue weighted by atomic mass is 9.90. The van der Waals surface area contributed by atoms with Crippen LogP contribution in [0.5, 0.6) is 0 Å². The number of nitrogens with one attached hydrogen (secondary N) is 2. The Morgan fingerprint density at radius 1 is 0.906 bits per heavy atom. The van der Waals surface area contributed by atoms with Gasteiger partial charge in [0.1, 0.15) is 5.60 Å². The van der Waals surface area contributed by atoms with E-state index < -0.39 is 23.5 Å². The Bertz CT molecular complexity index is 928. The van der Waals surface area contributed by atoms with E-state index in [-0.39, 0.29) is 0 Å². The van der Waals surface area contributed by atoms with Crippen LogP contribution in [0.15, 0.2) is 54.6 Å². The topological polar surface area (TPSA) is 87.7 Å². The van der Waals surface area contributed by atoms with Crippen LogP contribution in [0, 0.1) is 5.92 Å². The molecule has 32 heavy (non-hydrogen) atoms. The number of ether oxygens (including phenoxy) is 1. The van der Waals surface area contributed by atoms with Gasteiger partial charge >= 0.3 is 17.9 Å². The second-order valence-electron chi connectivity index (χ2n) is 9.08. The number of hydrogen-bond acceptors (Lipinski definition) is 4. The Kier molecular flexibility index (Phi) is 7.51. The number of likely N-dealkylation sites (tertiary alicyclic amines) is 1. The van der Waals surface area contributed by atoms with E-state index in [2.05, 4.69) is 22.8 Å². The van der Waals surface area contributed by atoms with Crippen molar-refractivity contribution < 1.29 is 19.1 Å². The number of carbonyl (C=O) groups is 3. The Balaban J connectivity index is 1.45. The minimum atomic E-state index is -0.653. The average molecular weight is 438 g/mol. The van der Waals surface area contributed by atoms with Crippen LogP contribution in [-0.2, 0) is 20.7 Å². The maximum Gasteiger partial charge on any atom is 0.412 e. The molecule has 0 aromatic heterocycles. The molecule has 0 spiro atoms. The molecule has 1 aliphatic rings. The number of anilines is 2. The van der Waals surface area contributed by atoms with Crippen molar-refractivity contribution in [1.82, 2.24) is 4.90 Å². The van der Waals surface area contributed by atoms with Crippen LogP contribution in [0.25, 0.3) is 0 Å². The minimum absolute atomic E-state index is 0.483. The molecule has 0 bridgehead atoms. The lowest BCUT2D eigenvalue weighted by Crippen LogP contribution is -2.44. The monoisotopic (exact) mass is 437 g/mol. The van der Waals surface area contributed by atoms with Crippen molar-refractivity contribution in [3.8, 4) is 0 Å². The van der Waals surface area contributed by atoms with Crippen LogP contribution < -0.4 is 10.6 Å². The molecular formula is C25H31N3O4. The summed E-state index contributed by atoms with van der Waals surface area (Å²) in [5, 5.41) is 5.26. The zero-order valence-corrected chi connectivity index (χ0v) is 18.9. The fourth-order valence-electron chi connectivity index (χ4n) is 3.67. The minimum Gasteiger partial charge on any atom is -0.444 e. The lowest BCUT2D eigenvalue weighted by molar-refractivity contribution is -0.144.